The van der Waals surface area contributed by atoms with Crippen molar-refractivity contribution in [2.24, 2.45) is 5.92 Å². The summed E-state index contributed by atoms with van der Waals surface area (Å²) in [4.78, 5) is 23.6. The Balaban J connectivity index is 1.30. The van der Waals surface area contributed by atoms with Crippen molar-refractivity contribution in [1.29, 1.82) is 0 Å². The largest absolute Gasteiger partial charge is 0.469 e. The fraction of sp³-hybridized carbons (Fsp3) is 0.400. The summed E-state index contributed by atoms with van der Waals surface area (Å²) in [5.74, 6) is 1.04. The number of amides is 2. The van der Waals surface area contributed by atoms with Gasteiger partial charge in [-0.3, -0.25) is 14.7 Å². The van der Waals surface area contributed by atoms with Gasteiger partial charge in [0.25, 0.3) is 0 Å². The summed E-state index contributed by atoms with van der Waals surface area (Å²) < 4.78 is 5.30. The van der Waals surface area contributed by atoms with Crippen LogP contribution in [-0.4, -0.2) is 28.6 Å². The van der Waals surface area contributed by atoms with Crippen LogP contribution < -0.4 is 10.6 Å². The number of anilines is 1. The third kappa shape index (κ3) is 3.55. The highest BCUT2D eigenvalue weighted by molar-refractivity contribution is 5.90. The fourth-order valence-corrected chi connectivity index (χ4v) is 2.44. The zero-order valence-corrected chi connectivity index (χ0v) is 12.0. The topological polar surface area (TPSA) is 100 Å². The van der Waals surface area contributed by atoms with E-state index in [9.17, 15) is 9.59 Å². The lowest BCUT2D eigenvalue weighted by Crippen LogP contribution is -2.27. The molecule has 2 aromatic rings. The van der Waals surface area contributed by atoms with E-state index in [-0.39, 0.29) is 23.7 Å². The lowest BCUT2D eigenvalue weighted by Gasteiger charge is -2.05. The Morgan fingerprint density at radius 1 is 1.45 bits per heavy atom. The molecule has 2 amide bonds. The van der Waals surface area contributed by atoms with Crippen molar-refractivity contribution in [1.82, 2.24) is 15.5 Å². The van der Waals surface area contributed by atoms with Gasteiger partial charge >= 0.3 is 0 Å². The molecule has 7 heteroatoms. The quantitative estimate of drug-likeness (QED) is 0.677. The predicted molar refractivity (Wildman–Crippen MR) is 79.0 cm³/mol. The maximum absolute atomic E-state index is 11.9. The van der Waals surface area contributed by atoms with Crippen molar-refractivity contribution < 1.29 is 14.0 Å². The molecule has 0 bridgehead atoms. The van der Waals surface area contributed by atoms with Crippen LogP contribution in [0.4, 0.5) is 5.69 Å². The first-order valence-electron chi connectivity index (χ1n) is 7.34. The number of rotatable bonds is 7. The average Bonchev–Trinajstić information content (AvgIpc) is 2.93. The van der Waals surface area contributed by atoms with E-state index in [4.69, 9.17) is 4.42 Å². The molecule has 0 saturated heterocycles. The van der Waals surface area contributed by atoms with E-state index in [0.717, 1.165) is 12.2 Å². The number of furan rings is 1. The van der Waals surface area contributed by atoms with Crippen LogP contribution in [0, 0.1) is 5.92 Å². The normalized spacial score (nSPS) is 19.6. The zero-order chi connectivity index (χ0) is 15.4. The number of hydrogen-bond donors (Lipinski definition) is 3. The third-order valence-electron chi connectivity index (χ3n) is 3.70. The van der Waals surface area contributed by atoms with Crippen LogP contribution in [0.5, 0.6) is 0 Å². The summed E-state index contributed by atoms with van der Waals surface area (Å²) >= 11 is 0. The van der Waals surface area contributed by atoms with Crippen LogP contribution in [0.3, 0.4) is 0 Å². The highest BCUT2D eigenvalue weighted by Crippen LogP contribution is 2.47. The van der Waals surface area contributed by atoms with E-state index >= 15 is 0 Å². The van der Waals surface area contributed by atoms with Gasteiger partial charge in [0.2, 0.25) is 11.8 Å². The number of hydrogen-bond acceptors (Lipinski definition) is 4. The van der Waals surface area contributed by atoms with Crippen LogP contribution in [0.15, 0.2) is 35.2 Å². The van der Waals surface area contributed by atoms with Gasteiger partial charge in [-0.15, -0.1) is 0 Å². The summed E-state index contributed by atoms with van der Waals surface area (Å²) in [6.45, 7) is 0.499. The van der Waals surface area contributed by atoms with Gasteiger partial charge in [0.1, 0.15) is 5.76 Å². The number of carbonyl (C=O) groups is 2. The number of nitrogens with one attached hydrogen (secondary N) is 3. The summed E-state index contributed by atoms with van der Waals surface area (Å²) in [5, 5.41) is 12.0. The van der Waals surface area contributed by atoms with Crippen LogP contribution in [-0.2, 0) is 9.59 Å². The first kappa shape index (κ1) is 14.4. The molecule has 1 fully saturated rings. The van der Waals surface area contributed by atoms with E-state index in [1.807, 2.05) is 12.1 Å². The number of aromatic amines is 1. The molecule has 1 aliphatic rings. The van der Waals surface area contributed by atoms with Crippen LogP contribution in [0.1, 0.15) is 30.9 Å². The highest BCUT2D eigenvalue weighted by atomic mass is 16.3. The second-order valence-electron chi connectivity index (χ2n) is 5.39. The molecule has 1 aliphatic carbocycles. The Morgan fingerprint density at radius 3 is 3.09 bits per heavy atom. The molecule has 0 aromatic carbocycles. The van der Waals surface area contributed by atoms with Crippen molar-refractivity contribution in [3.05, 3.63) is 36.5 Å². The van der Waals surface area contributed by atoms with Gasteiger partial charge in [-0.05, 0) is 25.0 Å². The van der Waals surface area contributed by atoms with Gasteiger partial charge in [-0.2, -0.15) is 5.10 Å². The van der Waals surface area contributed by atoms with Gasteiger partial charge in [-0.25, -0.2) is 0 Å². The third-order valence-corrected chi connectivity index (χ3v) is 3.70. The molecule has 2 atom stereocenters. The Morgan fingerprint density at radius 2 is 2.36 bits per heavy atom. The molecular formula is C15H18N4O3. The van der Waals surface area contributed by atoms with Crippen molar-refractivity contribution in [3.63, 3.8) is 0 Å². The molecule has 0 aliphatic heterocycles. The summed E-state index contributed by atoms with van der Waals surface area (Å²) in [5.41, 5.74) is 0.647. The molecule has 2 heterocycles. The molecule has 116 valence electrons. The first-order chi connectivity index (χ1) is 10.7. The smallest absolute Gasteiger partial charge is 0.224 e. The average molecular weight is 302 g/mol. The van der Waals surface area contributed by atoms with Crippen LogP contribution in [0.25, 0.3) is 0 Å². The van der Waals surface area contributed by atoms with Crippen molar-refractivity contribution in [2.75, 3.05) is 11.9 Å². The van der Waals surface area contributed by atoms with Gasteiger partial charge in [0.05, 0.1) is 18.1 Å². The molecule has 0 spiro atoms. The van der Waals surface area contributed by atoms with Crippen LogP contribution in [0.2, 0.25) is 0 Å². The molecule has 3 N–H and O–H groups in total. The van der Waals surface area contributed by atoms with Crippen molar-refractivity contribution in [3.8, 4) is 0 Å². The maximum Gasteiger partial charge on any atom is 0.224 e. The van der Waals surface area contributed by atoms with E-state index in [2.05, 4.69) is 20.8 Å². The standard InChI is InChI=1S/C15H18N4O3/c20-14(19-10-8-17-18-9-10)4-1-5-16-15(21)12-7-11(12)13-3-2-6-22-13/h2-3,6,8-9,11-12H,1,4-5,7H2,(H,16,21)(H,17,18)(H,19,20)/t11-,12+/m1/s1. The summed E-state index contributed by atoms with van der Waals surface area (Å²) in [6.07, 6.45) is 6.58. The Kier molecular flexibility index (Phi) is 4.22. The molecule has 22 heavy (non-hydrogen) atoms. The number of H-pyrrole nitrogens is 1. The minimum absolute atomic E-state index is 0.00547. The Labute approximate surface area is 127 Å². The number of nitrogens with zero attached hydrogens (tertiary/aromatic N) is 1. The molecule has 2 aromatic heterocycles. The van der Waals surface area contributed by atoms with E-state index in [0.29, 0.717) is 25.1 Å². The molecular weight excluding hydrogens is 284 g/mol. The van der Waals surface area contributed by atoms with Crippen LogP contribution >= 0.6 is 0 Å². The summed E-state index contributed by atoms with van der Waals surface area (Å²) in [7, 11) is 0. The Bertz CT molecular complexity index is 621. The molecule has 1 saturated carbocycles. The number of carbonyl (C=O) groups excluding carboxylic acids is 2. The van der Waals surface area contributed by atoms with Gasteiger partial charge in [-0.1, -0.05) is 0 Å². The van der Waals surface area contributed by atoms with Gasteiger partial charge in [0.15, 0.2) is 0 Å². The van der Waals surface area contributed by atoms with E-state index < -0.39 is 0 Å². The molecule has 0 radical (unpaired) electrons. The van der Waals surface area contributed by atoms with E-state index in [1.54, 1.807) is 18.7 Å². The molecule has 7 nitrogen and oxygen atoms in total. The second-order valence-corrected chi connectivity index (χ2v) is 5.39. The second kappa shape index (κ2) is 6.46. The minimum atomic E-state index is -0.0875. The maximum atomic E-state index is 11.9. The highest BCUT2D eigenvalue weighted by Gasteiger charge is 2.45. The zero-order valence-electron chi connectivity index (χ0n) is 12.0. The molecule has 3 rings (SSSR count). The van der Waals surface area contributed by atoms with Gasteiger partial charge in [0, 0.05) is 31.0 Å². The van der Waals surface area contributed by atoms with Gasteiger partial charge < -0.3 is 15.1 Å². The summed E-state index contributed by atoms with van der Waals surface area (Å²) in [6, 6.07) is 3.74. The number of aromatic nitrogens is 2. The fourth-order valence-electron chi connectivity index (χ4n) is 2.44. The SMILES string of the molecule is O=C(CCCNC(=O)[C@H]1C[C@H]1c1ccco1)Nc1cn[nH]c1. The minimum Gasteiger partial charge on any atom is -0.469 e. The van der Waals surface area contributed by atoms with E-state index in [1.165, 1.54) is 0 Å². The monoisotopic (exact) mass is 302 g/mol. The predicted octanol–water partition coefficient (Wildman–Crippen LogP) is 1.64. The lowest BCUT2D eigenvalue weighted by atomic mass is 10.2. The van der Waals surface area contributed by atoms with Crippen molar-refractivity contribution >= 4 is 17.5 Å². The molecule has 0 unspecified atom stereocenters. The lowest BCUT2D eigenvalue weighted by molar-refractivity contribution is -0.122. The van der Waals surface area contributed by atoms with Crippen molar-refractivity contribution in [2.45, 2.75) is 25.2 Å². The Hall–Kier alpha value is -2.57. The first-order valence-corrected chi connectivity index (χ1v) is 7.34.